The Labute approximate surface area is 220 Å². The monoisotopic (exact) mass is 513 g/mol. The number of furan rings is 1. The molecule has 0 saturated heterocycles. The lowest BCUT2D eigenvalue weighted by atomic mass is 9.95. The van der Waals surface area contributed by atoms with E-state index in [1.807, 2.05) is 24.3 Å². The molecule has 2 aromatic carbocycles. The lowest BCUT2D eigenvalue weighted by Crippen LogP contribution is -2.48. The standard InChI is InChI=1S/C29H31N5O4/c1-19-15-16-26(38-19)28(29(37)30-22-10-4-3-5-11-22)34(23-12-8-9-21(17-23)20(2)35)27(36)18-33-25-14-7-6-13-24(25)31-32-33/h6-9,12-17,22,28H,3-5,10-11,18H2,1-2H3,(H,30,37)/t28-/m1/s1. The van der Waals surface area contributed by atoms with Crippen molar-refractivity contribution in [1.29, 1.82) is 0 Å². The van der Waals surface area contributed by atoms with Gasteiger partial charge in [0, 0.05) is 17.3 Å². The first-order valence-corrected chi connectivity index (χ1v) is 13.0. The number of aromatic nitrogens is 3. The molecule has 0 radical (unpaired) electrons. The van der Waals surface area contributed by atoms with Crippen molar-refractivity contribution in [3.63, 3.8) is 0 Å². The topological polar surface area (TPSA) is 110 Å². The van der Waals surface area contributed by atoms with Gasteiger partial charge in [-0.1, -0.05) is 48.7 Å². The molecule has 1 fully saturated rings. The summed E-state index contributed by atoms with van der Waals surface area (Å²) in [6, 6.07) is 16.6. The van der Waals surface area contributed by atoms with Crippen LogP contribution in [0.25, 0.3) is 11.0 Å². The van der Waals surface area contributed by atoms with E-state index in [0.29, 0.717) is 33.8 Å². The van der Waals surface area contributed by atoms with E-state index in [4.69, 9.17) is 4.42 Å². The molecule has 196 valence electrons. The highest BCUT2D eigenvalue weighted by atomic mass is 16.3. The fourth-order valence-corrected chi connectivity index (χ4v) is 5.05. The fourth-order valence-electron chi connectivity index (χ4n) is 5.05. The number of fused-ring (bicyclic) bond motifs is 1. The van der Waals surface area contributed by atoms with Crippen molar-refractivity contribution in [2.45, 2.75) is 64.6 Å². The molecule has 0 bridgehead atoms. The van der Waals surface area contributed by atoms with Gasteiger partial charge in [0.15, 0.2) is 11.8 Å². The van der Waals surface area contributed by atoms with Gasteiger partial charge >= 0.3 is 0 Å². The molecule has 38 heavy (non-hydrogen) atoms. The van der Waals surface area contributed by atoms with E-state index in [-0.39, 0.29) is 30.2 Å². The summed E-state index contributed by atoms with van der Waals surface area (Å²) in [6.07, 6.45) is 5.06. The second-order valence-electron chi connectivity index (χ2n) is 9.80. The van der Waals surface area contributed by atoms with Gasteiger partial charge in [0.05, 0.1) is 5.52 Å². The number of aryl methyl sites for hydroxylation is 1. The largest absolute Gasteiger partial charge is 0.464 e. The Balaban J connectivity index is 1.57. The van der Waals surface area contributed by atoms with Crippen LogP contribution in [0.5, 0.6) is 0 Å². The van der Waals surface area contributed by atoms with Crippen LogP contribution in [0.4, 0.5) is 5.69 Å². The average molecular weight is 514 g/mol. The molecule has 0 spiro atoms. The first-order valence-electron chi connectivity index (χ1n) is 13.0. The van der Waals surface area contributed by atoms with Gasteiger partial charge in [-0.15, -0.1) is 5.10 Å². The van der Waals surface area contributed by atoms with Gasteiger partial charge in [-0.2, -0.15) is 0 Å². The van der Waals surface area contributed by atoms with Crippen LogP contribution in [-0.4, -0.2) is 38.6 Å². The van der Waals surface area contributed by atoms with E-state index in [1.165, 1.54) is 16.5 Å². The number of carbonyl (C=O) groups excluding carboxylic acids is 3. The summed E-state index contributed by atoms with van der Waals surface area (Å²) in [5.74, 6) is 0.123. The summed E-state index contributed by atoms with van der Waals surface area (Å²) in [7, 11) is 0. The summed E-state index contributed by atoms with van der Waals surface area (Å²) in [6.45, 7) is 3.11. The van der Waals surface area contributed by atoms with Crippen LogP contribution in [0.1, 0.15) is 66.9 Å². The molecule has 1 aliphatic carbocycles. The average Bonchev–Trinajstić information content (AvgIpc) is 3.53. The summed E-state index contributed by atoms with van der Waals surface area (Å²) in [5, 5.41) is 11.5. The summed E-state index contributed by atoms with van der Waals surface area (Å²) in [5.41, 5.74) is 2.23. The van der Waals surface area contributed by atoms with Gasteiger partial charge in [0.1, 0.15) is 23.6 Å². The quantitative estimate of drug-likeness (QED) is 0.340. The minimum Gasteiger partial charge on any atom is -0.464 e. The second kappa shape index (κ2) is 11.0. The molecule has 0 unspecified atom stereocenters. The van der Waals surface area contributed by atoms with Gasteiger partial charge in [-0.25, -0.2) is 4.68 Å². The molecule has 9 nitrogen and oxygen atoms in total. The highest BCUT2D eigenvalue weighted by Gasteiger charge is 2.36. The molecule has 0 aliphatic heterocycles. The van der Waals surface area contributed by atoms with Gasteiger partial charge in [-0.3, -0.25) is 19.3 Å². The van der Waals surface area contributed by atoms with Crippen molar-refractivity contribution in [2.75, 3.05) is 4.90 Å². The predicted molar refractivity (Wildman–Crippen MR) is 143 cm³/mol. The van der Waals surface area contributed by atoms with Crippen LogP contribution in [-0.2, 0) is 16.1 Å². The number of benzene rings is 2. The Kier molecular flexibility index (Phi) is 7.35. The number of para-hydroxylation sites is 1. The molecule has 5 rings (SSSR count). The van der Waals surface area contributed by atoms with Crippen molar-refractivity contribution >= 4 is 34.3 Å². The Hall–Kier alpha value is -4.27. The van der Waals surface area contributed by atoms with Gasteiger partial charge in [-0.05, 0) is 63.1 Å². The van der Waals surface area contributed by atoms with Crippen LogP contribution in [0.3, 0.4) is 0 Å². The maximum absolute atomic E-state index is 14.1. The van der Waals surface area contributed by atoms with Crippen molar-refractivity contribution < 1.29 is 18.8 Å². The van der Waals surface area contributed by atoms with E-state index in [1.54, 1.807) is 43.3 Å². The molecule has 1 atom stereocenters. The van der Waals surface area contributed by atoms with Gasteiger partial charge in [0.2, 0.25) is 5.91 Å². The Morgan fingerprint density at radius 2 is 1.84 bits per heavy atom. The van der Waals surface area contributed by atoms with E-state index in [9.17, 15) is 14.4 Å². The first kappa shape index (κ1) is 25.4. The number of rotatable bonds is 8. The van der Waals surface area contributed by atoms with Crippen LogP contribution >= 0.6 is 0 Å². The molecule has 2 aromatic heterocycles. The molecule has 1 N–H and O–H groups in total. The number of nitrogens with zero attached hydrogens (tertiary/aromatic N) is 4. The zero-order valence-electron chi connectivity index (χ0n) is 21.6. The smallest absolute Gasteiger partial charge is 0.251 e. The molecule has 2 heterocycles. The maximum atomic E-state index is 14.1. The van der Waals surface area contributed by atoms with Crippen molar-refractivity contribution in [2.24, 2.45) is 0 Å². The third-order valence-electron chi connectivity index (χ3n) is 6.99. The molecule has 9 heteroatoms. The predicted octanol–water partition coefficient (Wildman–Crippen LogP) is 4.76. The third kappa shape index (κ3) is 5.37. The molecule has 2 amide bonds. The SMILES string of the molecule is CC(=O)c1cccc(N(C(=O)Cn2nnc3ccccc32)[C@@H](C(=O)NC2CCCCC2)c2ccc(C)o2)c1. The number of anilines is 1. The van der Waals surface area contributed by atoms with Crippen LogP contribution < -0.4 is 10.2 Å². The number of Topliss-reactive ketones (excluding diaryl/α,β-unsaturated/α-hetero) is 1. The lowest BCUT2D eigenvalue weighted by molar-refractivity contribution is -0.128. The molecular weight excluding hydrogens is 482 g/mol. The Morgan fingerprint density at radius 1 is 1.05 bits per heavy atom. The summed E-state index contributed by atoms with van der Waals surface area (Å²) in [4.78, 5) is 41.6. The number of hydrogen-bond donors (Lipinski definition) is 1. The fraction of sp³-hybridized carbons (Fsp3) is 0.345. The molecule has 4 aromatic rings. The lowest BCUT2D eigenvalue weighted by Gasteiger charge is -2.32. The third-order valence-corrected chi connectivity index (χ3v) is 6.99. The van der Waals surface area contributed by atoms with Crippen LogP contribution in [0.2, 0.25) is 0 Å². The maximum Gasteiger partial charge on any atom is 0.251 e. The number of nitrogens with one attached hydrogen (secondary N) is 1. The number of carbonyl (C=O) groups is 3. The zero-order valence-corrected chi connectivity index (χ0v) is 21.6. The highest BCUT2D eigenvalue weighted by Crippen LogP contribution is 2.31. The molecular formula is C29H31N5O4. The first-order chi connectivity index (χ1) is 18.4. The van der Waals surface area contributed by atoms with E-state index in [0.717, 1.165) is 32.1 Å². The van der Waals surface area contributed by atoms with E-state index in [2.05, 4.69) is 15.6 Å². The number of amides is 2. The summed E-state index contributed by atoms with van der Waals surface area (Å²) >= 11 is 0. The van der Waals surface area contributed by atoms with E-state index < -0.39 is 6.04 Å². The molecule has 1 aliphatic rings. The number of hydrogen-bond acceptors (Lipinski definition) is 6. The highest BCUT2D eigenvalue weighted by molar-refractivity contribution is 6.03. The normalized spacial score (nSPS) is 14.8. The molecule has 1 saturated carbocycles. The second-order valence-corrected chi connectivity index (χ2v) is 9.80. The van der Waals surface area contributed by atoms with Crippen LogP contribution in [0.15, 0.2) is 65.1 Å². The van der Waals surface area contributed by atoms with E-state index >= 15 is 0 Å². The minimum atomic E-state index is -1.07. The Bertz CT molecular complexity index is 1470. The van der Waals surface area contributed by atoms with Gasteiger partial charge < -0.3 is 9.73 Å². The van der Waals surface area contributed by atoms with Crippen molar-refractivity contribution in [3.8, 4) is 0 Å². The number of ketones is 1. The van der Waals surface area contributed by atoms with Gasteiger partial charge in [0.25, 0.3) is 5.91 Å². The Morgan fingerprint density at radius 3 is 2.58 bits per heavy atom. The van der Waals surface area contributed by atoms with Crippen molar-refractivity contribution in [1.82, 2.24) is 20.3 Å². The summed E-state index contributed by atoms with van der Waals surface area (Å²) < 4.78 is 7.45. The zero-order chi connectivity index (χ0) is 26.6. The van der Waals surface area contributed by atoms with Crippen molar-refractivity contribution in [3.05, 3.63) is 77.7 Å². The van der Waals surface area contributed by atoms with Crippen LogP contribution in [0, 0.1) is 6.92 Å². The minimum absolute atomic E-state index is 0.0366.